The highest BCUT2D eigenvalue weighted by atomic mass is 14.4. The highest BCUT2D eigenvalue weighted by Crippen LogP contribution is 2.50. The largest absolute Gasteiger partial charge is 0.103 e. The second-order valence-electron chi connectivity index (χ2n) is 10.4. The summed E-state index contributed by atoms with van der Waals surface area (Å²) < 4.78 is 0. The predicted molar refractivity (Wildman–Crippen MR) is 126 cm³/mol. The zero-order valence-electron chi connectivity index (χ0n) is 18.7. The summed E-state index contributed by atoms with van der Waals surface area (Å²) in [6.07, 6.45) is 23.8. The third-order valence-corrected chi connectivity index (χ3v) is 8.69. The minimum Gasteiger partial charge on any atom is -0.103 e. The quantitative estimate of drug-likeness (QED) is 0.427. The van der Waals surface area contributed by atoms with E-state index in [9.17, 15) is 0 Å². The molecule has 0 N–H and O–H groups in total. The second kappa shape index (κ2) is 10.1. The van der Waals surface area contributed by atoms with E-state index in [2.05, 4.69) is 49.9 Å². The monoisotopic (exact) mass is 390 g/mol. The Morgan fingerprint density at radius 2 is 1.41 bits per heavy atom. The van der Waals surface area contributed by atoms with Gasteiger partial charge in [-0.15, -0.1) is 6.58 Å². The molecule has 3 fully saturated rings. The average Bonchev–Trinajstić information content (AvgIpc) is 2.78. The molecule has 0 heterocycles. The van der Waals surface area contributed by atoms with Gasteiger partial charge in [-0.2, -0.15) is 0 Å². The van der Waals surface area contributed by atoms with Gasteiger partial charge in [-0.05, 0) is 131 Å². The van der Waals surface area contributed by atoms with Crippen LogP contribution < -0.4 is 0 Å². The van der Waals surface area contributed by atoms with Gasteiger partial charge in [0.05, 0.1) is 0 Å². The molecule has 4 rings (SSSR count). The highest BCUT2D eigenvalue weighted by Gasteiger charge is 2.38. The molecule has 29 heavy (non-hydrogen) atoms. The predicted octanol–water partition coefficient (Wildman–Crippen LogP) is 8.49. The van der Waals surface area contributed by atoms with E-state index < -0.39 is 0 Å². The molecule has 0 saturated heterocycles. The fourth-order valence-electron chi connectivity index (χ4n) is 6.96. The number of hydrogen-bond donors (Lipinski definition) is 0. The maximum atomic E-state index is 3.85. The molecule has 0 bridgehead atoms. The van der Waals surface area contributed by atoms with Crippen LogP contribution in [0, 0.1) is 29.6 Å². The first-order valence-electron chi connectivity index (χ1n) is 12.6. The van der Waals surface area contributed by atoms with Crippen molar-refractivity contribution < 1.29 is 0 Å². The molecule has 0 nitrogen and oxygen atoms in total. The van der Waals surface area contributed by atoms with Crippen molar-refractivity contribution in [2.45, 2.75) is 89.9 Å². The van der Waals surface area contributed by atoms with Gasteiger partial charge in [0.25, 0.3) is 0 Å². The van der Waals surface area contributed by atoms with Crippen LogP contribution in [0.1, 0.15) is 94.6 Å². The van der Waals surface area contributed by atoms with Crippen molar-refractivity contribution in [2.24, 2.45) is 29.6 Å². The van der Waals surface area contributed by atoms with E-state index >= 15 is 0 Å². The first-order chi connectivity index (χ1) is 14.3. The summed E-state index contributed by atoms with van der Waals surface area (Å²) in [5.41, 5.74) is 3.07. The molecule has 158 valence electrons. The summed E-state index contributed by atoms with van der Waals surface area (Å²) >= 11 is 0. The van der Waals surface area contributed by atoms with Crippen LogP contribution in [0.4, 0.5) is 0 Å². The Morgan fingerprint density at radius 3 is 2.10 bits per heavy atom. The minimum absolute atomic E-state index is 0.817. The van der Waals surface area contributed by atoms with Gasteiger partial charge in [0.15, 0.2) is 0 Å². The standard InChI is InChI=1S/C29H42/c1-3-5-7-23-10-14-25(15-11-23)27-17-19-28-20-26(16-18-29(28)21-27)24-12-8-22(6-4-2)9-13-24/h3-4,6,10-11,14-15,22,24,26-29H,1,5,7-9,12-13,16-21H2,2H3/b6-4+. The van der Waals surface area contributed by atoms with Crippen LogP contribution in [-0.4, -0.2) is 0 Å². The Balaban J connectivity index is 1.28. The first-order valence-corrected chi connectivity index (χ1v) is 12.6. The molecule has 4 unspecified atom stereocenters. The fourth-order valence-corrected chi connectivity index (χ4v) is 6.96. The zero-order chi connectivity index (χ0) is 20.1. The van der Waals surface area contributed by atoms with Crippen LogP contribution >= 0.6 is 0 Å². The Bertz CT molecular complexity index is 658. The number of allylic oxidation sites excluding steroid dienone is 3. The van der Waals surface area contributed by atoms with Gasteiger partial charge in [0, 0.05) is 0 Å². The van der Waals surface area contributed by atoms with Gasteiger partial charge < -0.3 is 0 Å². The molecule has 0 heteroatoms. The third kappa shape index (κ3) is 5.25. The minimum atomic E-state index is 0.817. The van der Waals surface area contributed by atoms with Crippen LogP contribution in [-0.2, 0) is 6.42 Å². The normalized spacial score (nSPS) is 35.3. The lowest BCUT2D eigenvalue weighted by Crippen LogP contribution is -2.34. The molecular formula is C29H42. The molecule has 1 aromatic carbocycles. The van der Waals surface area contributed by atoms with Gasteiger partial charge in [0.2, 0.25) is 0 Å². The number of fused-ring (bicyclic) bond motifs is 1. The number of aryl methyl sites for hydroxylation is 1. The Hall–Kier alpha value is -1.30. The Labute approximate surface area is 179 Å². The molecule has 0 spiro atoms. The van der Waals surface area contributed by atoms with E-state index in [1.807, 2.05) is 6.08 Å². The van der Waals surface area contributed by atoms with Crippen LogP contribution in [0.5, 0.6) is 0 Å². The summed E-state index contributed by atoms with van der Waals surface area (Å²) in [7, 11) is 0. The summed E-state index contributed by atoms with van der Waals surface area (Å²) in [6.45, 7) is 6.03. The Kier molecular flexibility index (Phi) is 7.33. The van der Waals surface area contributed by atoms with Crippen molar-refractivity contribution >= 4 is 0 Å². The van der Waals surface area contributed by atoms with E-state index in [-0.39, 0.29) is 0 Å². The smallest absolute Gasteiger partial charge is 0.0159 e. The molecule has 3 aliphatic rings. The van der Waals surface area contributed by atoms with Gasteiger partial charge in [-0.1, -0.05) is 42.5 Å². The van der Waals surface area contributed by atoms with E-state index in [0.717, 1.165) is 48.3 Å². The summed E-state index contributed by atoms with van der Waals surface area (Å²) in [4.78, 5) is 0. The second-order valence-corrected chi connectivity index (χ2v) is 10.4. The van der Waals surface area contributed by atoms with Crippen LogP contribution in [0.2, 0.25) is 0 Å². The number of rotatable bonds is 6. The van der Waals surface area contributed by atoms with Crippen molar-refractivity contribution in [1.29, 1.82) is 0 Å². The molecule has 3 aliphatic carbocycles. The molecule has 3 saturated carbocycles. The summed E-state index contributed by atoms with van der Waals surface area (Å²) in [5.74, 6) is 5.82. The summed E-state index contributed by atoms with van der Waals surface area (Å²) in [6, 6.07) is 9.59. The van der Waals surface area contributed by atoms with E-state index in [4.69, 9.17) is 0 Å². The van der Waals surface area contributed by atoms with Crippen molar-refractivity contribution in [2.75, 3.05) is 0 Å². The van der Waals surface area contributed by atoms with Crippen molar-refractivity contribution in [3.05, 3.63) is 60.2 Å². The lowest BCUT2D eigenvalue weighted by Gasteiger charge is -2.45. The number of benzene rings is 1. The molecule has 4 atom stereocenters. The van der Waals surface area contributed by atoms with Gasteiger partial charge in [0.1, 0.15) is 0 Å². The topological polar surface area (TPSA) is 0 Å². The lowest BCUT2D eigenvalue weighted by atomic mass is 9.60. The maximum absolute atomic E-state index is 3.85. The number of hydrogen-bond acceptors (Lipinski definition) is 0. The highest BCUT2D eigenvalue weighted by molar-refractivity contribution is 5.26. The van der Waals surface area contributed by atoms with Crippen molar-refractivity contribution in [3.63, 3.8) is 0 Å². The maximum Gasteiger partial charge on any atom is -0.0159 e. The molecule has 0 aromatic heterocycles. The first kappa shape index (κ1) is 21.0. The lowest BCUT2D eigenvalue weighted by molar-refractivity contribution is 0.0748. The molecule has 0 radical (unpaired) electrons. The molecular weight excluding hydrogens is 348 g/mol. The van der Waals surface area contributed by atoms with E-state index in [1.54, 1.807) is 12.0 Å². The van der Waals surface area contributed by atoms with Crippen molar-refractivity contribution in [1.82, 2.24) is 0 Å². The van der Waals surface area contributed by atoms with Gasteiger partial charge in [-0.25, -0.2) is 0 Å². The van der Waals surface area contributed by atoms with Crippen molar-refractivity contribution in [3.8, 4) is 0 Å². The van der Waals surface area contributed by atoms with Gasteiger partial charge >= 0.3 is 0 Å². The van der Waals surface area contributed by atoms with Crippen LogP contribution in [0.25, 0.3) is 0 Å². The van der Waals surface area contributed by atoms with Crippen LogP contribution in [0.15, 0.2) is 49.1 Å². The SMILES string of the molecule is C=CCCc1ccc(C2CCC3CC(C4CCC(/C=C/C)CC4)CCC3C2)cc1. The zero-order valence-corrected chi connectivity index (χ0v) is 18.7. The molecule has 0 amide bonds. The van der Waals surface area contributed by atoms with Crippen LogP contribution in [0.3, 0.4) is 0 Å². The molecule has 1 aromatic rings. The van der Waals surface area contributed by atoms with E-state index in [1.165, 1.54) is 63.4 Å². The molecule has 0 aliphatic heterocycles. The van der Waals surface area contributed by atoms with Gasteiger partial charge in [-0.3, -0.25) is 0 Å². The fraction of sp³-hybridized carbons (Fsp3) is 0.655. The average molecular weight is 391 g/mol. The third-order valence-electron chi connectivity index (χ3n) is 8.69. The summed E-state index contributed by atoms with van der Waals surface area (Å²) in [5, 5.41) is 0. The Morgan fingerprint density at radius 1 is 0.793 bits per heavy atom. The van der Waals surface area contributed by atoms with E-state index in [0.29, 0.717) is 0 Å².